The fourth-order valence-electron chi connectivity index (χ4n) is 2.71. The Kier molecular flexibility index (Phi) is 4.78. The smallest absolute Gasteiger partial charge is 0.262 e. The SMILES string of the molecule is C[C@H](Cc1ccccc1)N(C)S(=O)(=O)c1ccc2c(c1)NC(=O)CO2. The van der Waals surface area contributed by atoms with Crippen LogP contribution >= 0.6 is 0 Å². The van der Waals surface area contributed by atoms with Crippen molar-refractivity contribution in [1.29, 1.82) is 0 Å². The number of hydrogen-bond donors (Lipinski definition) is 1. The maximum absolute atomic E-state index is 12.9. The molecule has 1 heterocycles. The molecule has 7 heteroatoms. The van der Waals surface area contributed by atoms with Gasteiger partial charge in [-0.2, -0.15) is 4.31 Å². The molecule has 0 bridgehead atoms. The van der Waals surface area contributed by atoms with E-state index in [0.717, 1.165) is 5.56 Å². The summed E-state index contributed by atoms with van der Waals surface area (Å²) >= 11 is 0. The van der Waals surface area contributed by atoms with E-state index in [9.17, 15) is 13.2 Å². The molecule has 0 aliphatic carbocycles. The van der Waals surface area contributed by atoms with Crippen molar-refractivity contribution >= 4 is 21.6 Å². The number of ether oxygens (including phenoxy) is 1. The average Bonchev–Trinajstić information content (AvgIpc) is 2.61. The van der Waals surface area contributed by atoms with Gasteiger partial charge in [0.1, 0.15) is 5.75 Å². The second-order valence-corrected chi connectivity index (χ2v) is 8.05. The number of nitrogens with one attached hydrogen (secondary N) is 1. The highest BCUT2D eigenvalue weighted by Gasteiger charge is 2.27. The molecule has 1 aliphatic heterocycles. The molecule has 0 unspecified atom stereocenters. The lowest BCUT2D eigenvalue weighted by Gasteiger charge is -2.25. The van der Waals surface area contributed by atoms with Crippen molar-refractivity contribution in [2.75, 3.05) is 19.0 Å². The van der Waals surface area contributed by atoms with E-state index in [1.807, 2.05) is 37.3 Å². The fraction of sp³-hybridized carbons (Fsp3) is 0.278. The van der Waals surface area contributed by atoms with Crippen LogP contribution in [0.4, 0.5) is 5.69 Å². The molecular weight excluding hydrogens is 340 g/mol. The zero-order valence-electron chi connectivity index (χ0n) is 14.1. The molecule has 6 nitrogen and oxygen atoms in total. The van der Waals surface area contributed by atoms with Crippen LogP contribution in [0.15, 0.2) is 53.4 Å². The van der Waals surface area contributed by atoms with Crippen molar-refractivity contribution < 1.29 is 17.9 Å². The van der Waals surface area contributed by atoms with Gasteiger partial charge >= 0.3 is 0 Å². The molecule has 0 fully saturated rings. The molecule has 0 radical (unpaired) electrons. The van der Waals surface area contributed by atoms with E-state index in [4.69, 9.17) is 4.74 Å². The summed E-state index contributed by atoms with van der Waals surface area (Å²) in [6.07, 6.45) is 0.612. The molecule has 1 aliphatic rings. The van der Waals surface area contributed by atoms with Crippen LogP contribution in [0.3, 0.4) is 0 Å². The minimum absolute atomic E-state index is 0.0624. The molecule has 0 spiro atoms. The topological polar surface area (TPSA) is 75.7 Å². The van der Waals surface area contributed by atoms with Gasteiger partial charge in [-0.1, -0.05) is 30.3 Å². The minimum Gasteiger partial charge on any atom is -0.482 e. The zero-order valence-corrected chi connectivity index (χ0v) is 14.9. The van der Waals surface area contributed by atoms with E-state index in [1.165, 1.54) is 16.4 Å². The highest BCUT2D eigenvalue weighted by atomic mass is 32.2. The monoisotopic (exact) mass is 360 g/mol. The van der Waals surface area contributed by atoms with Gasteiger partial charge in [0.05, 0.1) is 10.6 Å². The third-order valence-electron chi connectivity index (χ3n) is 4.26. The maximum Gasteiger partial charge on any atom is 0.262 e. The Morgan fingerprint density at radius 3 is 2.64 bits per heavy atom. The van der Waals surface area contributed by atoms with Gasteiger partial charge in [-0.3, -0.25) is 4.79 Å². The van der Waals surface area contributed by atoms with Gasteiger partial charge in [-0.25, -0.2) is 8.42 Å². The molecular formula is C18H20N2O4S. The molecule has 132 valence electrons. The van der Waals surface area contributed by atoms with E-state index in [-0.39, 0.29) is 23.5 Å². The van der Waals surface area contributed by atoms with Crippen molar-refractivity contribution in [1.82, 2.24) is 4.31 Å². The normalized spacial score (nSPS) is 15.2. The molecule has 0 saturated carbocycles. The van der Waals surface area contributed by atoms with Crippen molar-refractivity contribution in [2.45, 2.75) is 24.3 Å². The number of sulfonamides is 1. The summed E-state index contributed by atoms with van der Waals surface area (Å²) in [7, 11) is -2.12. The maximum atomic E-state index is 12.9. The molecule has 0 aromatic heterocycles. The summed E-state index contributed by atoms with van der Waals surface area (Å²) in [6.45, 7) is 1.81. The molecule has 2 aromatic rings. The van der Waals surface area contributed by atoms with Crippen LogP contribution in [-0.4, -0.2) is 38.3 Å². The highest BCUT2D eigenvalue weighted by molar-refractivity contribution is 7.89. The third kappa shape index (κ3) is 3.67. The van der Waals surface area contributed by atoms with Gasteiger partial charge in [-0.05, 0) is 37.1 Å². The molecule has 3 rings (SSSR count). The van der Waals surface area contributed by atoms with Crippen LogP contribution in [-0.2, 0) is 21.2 Å². The number of carbonyl (C=O) groups excluding carboxylic acids is 1. The number of rotatable bonds is 5. The second-order valence-electron chi connectivity index (χ2n) is 6.05. The largest absolute Gasteiger partial charge is 0.482 e. The first kappa shape index (κ1) is 17.4. The van der Waals surface area contributed by atoms with Crippen molar-refractivity contribution in [3.8, 4) is 5.75 Å². The van der Waals surface area contributed by atoms with Crippen LogP contribution in [0.25, 0.3) is 0 Å². The van der Waals surface area contributed by atoms with E-state index in [1.54, 1.807) is 13.1 Å². The van der Waals surface area contributed by atoms with Gasteiger partial charge in [0.15, 0.2) is 6.61 Å². The van der Waals surface area contributed by atoms with Gasteiger partial charge < -0.3 is 10.1 Å². The Labute approximate surface area is 147 Å². The molecule has 0 saturated heterocycles. The average molecular weight is 360 g/mol. The van der Waals surface area contributed by atoms with Crippen LogP contribution in [0.5, 0.6) is 5.75 Å². The Morgan fingerprint density at radius 1 is 1.20 bits per heavy atom. The number of carbonyl (C=O) groups is 1. The third-order valence-corrected chi connectivity index (χ3v) is 6.22. The Balaban J connectivity index is 1.83. The van der Waals surface area contributed by atoms with Gasteiger partial charge in [-0.15, -0.1) is 0 Å². The summed E-state index contributed by atoms with van der Waals surface area (Å²) in [5.74, 6) is 0.173. The first-order chi connectivity index (χ1) is 11.9. The molecule has 2 aromatic carbocycles. The lowest BCUT2D eigenvalue weighted by atomic mass is 10.1. The van der Waals surface area contributed by atoms with Gasteiger partial charge in [0.2, 0.25) is 10.0 Å². The molecule has 1 atom stereocenters. The lowest BCUT2D eigenvalue weighted by molar-refractivity contribution is -0.118. The van der Waals surface area contributed by atoms with E-state index in [0.29, 0.717) is 17.9 Å². The van der Waals surface area contributed by atoms with Crippen LogP contribution in [0, 0.1) is 0 Å². The number of benzene rings is 2. The Hall–Kier alpha value is -2.38. The van der Waals surface area contributed by atoms with E-state index >= 15 is 0 Å². The number of fused-ring (bicyclic) bond motifs is 1. The van der Waals surface area contributed by atoms with Crippen molar-refractivity contribution in [2.24, 2.45) is 0 Å². The summed E-state index contributed by atoms with van der Waals surface area (Å²) in [5.41, 5.74) is 1.45. The lowest BCUT2D eigenvalue weighted by Crippen LogP contribution is -2.36. The summed E-state index contributed by atoms with van der Waals surface area (Å²) < 4.78 is 32.4. The number of anilines is 1. The van der Waals surface area contributed by atoms with E-state index in [2.05, 4.69) is 5.32 Å². The van der Waals surface area contributed by atoms with E-state index < -0.39 is 10.0 Å². The minimum atomic E-state index is -3.68. The van der Waals surface area contributed by atoms with Crippen LogP contribution in [0.1, 0.15) is 12.5 Å². The number of likely N-dealkylation sites (N-methyl/N-ethyl adjacent to an activating group) is 1. The highest BCUT2D eigenvalue weighted by Crippen LogP contribution is 2.31. The Morgan fingerprint density at radius 2 is 1.92 bits per heavy atom. The second kappa shape index (κ2) is 6.85. The Bertz CT molecular complexity index is 881. The standard InChI is InChI=1S/C18H20N2O4S/c1-13(10-14-6-4-3-5-7-14)20(2)25(22,23)15-8-9-17-16(11-15)19-18(21)12-24-17/h3-9,11,13H,10,12H2,1-2H3,(H,19,21)/t13-/m1/s1. The van der Waals surface area contributed by atoms with Crippen molar-refractivity contribution in [3.05, 3.63) is 54.1 Å². The van der Waals surface area contributed by atoms with Crippen LogP contribution < -0.4 is 10.1 Å². The quantitative estimate of drug-likeness (QED) is 0.887. The number of amides is 1. The molecule has 1 N–H and O–H groups in total. The summed E-state index contributed by atoms with van der Waals surface area (Å²) in [6, 6.07) is 14.0. The number of nitrogens with zero attached hydrogens (tertiary/aromatic N) is 1. The first-order valence-corrected chi connectivity index (χ1v) is 9.40. The van der Waals surface area contributed by atoms with Gasteiger partial charge in [0, 0.05) is 13.1 Å². The molecule has 25 heavy (non-hydrogen) atoms. The predicted molar refractivity (Wildman–Crippen MR) is 95.1 cm³/mol. The van der Waals surface area contributed by atoms with Crippen LogP contribution in [0.2, 0.25) is 0 Å². The fourth-order valence-corrected chi connectivity index (χ4v) is 4.10. The predicted octanol–water partition coefficient (Wildman–Crippen LogP) is 2.27. The molecule has 1 amide bonds. The first-order valence-electron chi connectivity index (χ1n) is 7.96. The number of hydrogen-bond acceptors (Lipinski definition) is 4. The zero-order chi connectivity index (χ0) is 18.0. The van der Waals surface area contributed by atoms with Gasteiger partial charge in [0.25, 0.3) is 5.91 Å². The summed E-state index contributed by atoms with van der Waals surface area (Å²) in [4.78, 5) is 11.6. The summed E-state index contributed by atoms with van der Waals surface area (Å²) in [5, 5.41) is 2.63. The van der Waals surface area contributed by atoms with Crippen molar-refractivity contribution in [3.63, 3.8) is 0 Å².